The second kappa shape index (κ2) is 10.7. The van der Waals surface area contributed by atoms with Crippen molar-refractivity contribution in [3.8, 4) is 11.1 Å². The van der Waals surface area contributed by atoms with Crippen LogP contribution >= 0.6 is 0 Å². The molecule has 2 aliphatic carbocycles. The summed E-state index contributed by atoms with van der Waals surface area (Å²) in [5.41, 5.74) is 4.57. The number of carboxylic acid groups (broad SMARTS) is 1. The van der Waals surface area contributed by atoms with Gasteiger partial charge in [-0.2, -0.15) is 0 Å². The number of alkyl carbamates (subject to hydrolysis) is 1. The molecule has 1 fully saturated rings. The Morgan fingerprint density at radius 2 is 1.65 bits per heavy atom. The number of nitrogens with one attached hydrogen (secondary N) is 1. The number of amides is 2. The topological polar surface area (TPSA) is 95.9 Å². The molecule has 0 spiro atoms. The molecule has 2 amide bonds. The van der Waals surface area contributed by atoms with Crippen LogP contribution in [0.2, 0.25) is 0 Å². The summed E-state index contributed by atoms with van der Waals surface area (Å²) in [6, 6.07) is 15.6. The van der Waals surface area contributed by atoms with E-state index in [4.69, 9.17) is 9.84 Å². The van der Waals surface area contributed by atoms with Crippen LogP contribution in [0.25, 0.3) is 11.1 Å². The normalized spacial score (nSPS) is 15.2. The fourth-order valence-electron chi connectivity index (χ4n) is 4.74. The average Bonchev–Trinajstić information content (AvgIpc) is 3.60. The number of carboxylic acids is 1. The largest absolute Gasteiger partial charge is 0.481 e. The predicted molar refractivity (Wildman–Crippen MR) is 128 cm³/mol. The minimum atomic E-state index is -0.947. The number of aliphatic carboxylic acids is 1. The lowest BCUT2D eigenvalue weighted by Gasteiger charge is -2.27. The summed E-state index contributed by atoms with van der Waals surface area (Å²) in [7, 11) is 0. The molecular formula is C27H32N2O5. The smallest absolute Gasteiger partial charge is 0.407 e. The number of fused-ring (bicyclic) bond motifs is 3. The maximum absolute atomic E-state index is 13.2. The average molecular weight is 465 g/mol. The van der Waals surface area contributed by atoms with Crippen LogP contribution in [-0.2, 0) is 14.3 Å². The third-order valence-corrected chi connectivity index (χ3v) is 6.60. The molecule has 34 heavy (non-hydrogen) atoms. The van der Waals surface area contributed by atoms with Crippen molar-refractivity contribution in [2.75, 3.05) is 19.7 Å². The van der Waals surface area contributed by atoms with Crippen molar-refractivity contribution in [3.63, 3.8) is 0 Å². The Bertz CT molecular complexity index is 1000. The Balaban J connectivity index is 1.41. The minimum Gasteiger partial charge on any atom is -0.481 e. The Morgan fingerprint density at radius 3 is 2.21 bits per heavy atom. The van der Waals surface area contributed by atoms with Crippen molar-refractivity contribution in [2.24, 2.45) is 5.92 Å². The monoisotopic (exact) mass is 464 g/mol. The van der Waals surface area contributed by atoms with E-state index in [1.54, 1.807) is 4.90 Å². The Labute approximate surface area is 200 Å². The van der Waals surface area contributed by atoms with Crippen LogP contribution in [0.1, 0.15) is 56.1 Å². The molecule has 7 heteroatoms. The zero-order valence-corrected chi connectivity index (χ0v) is 19.5. The maximum atomic E-state index is 13.2. The second-order valence-corrected chi connectivity index (χ2v) is 9.17. The van der Waals surface area contributed by atoms with Crippen molar-refractivity contribution < 1.29 is 24.2 Å². The number of carbonyl (C=O) groups excluding carboxylic acids is 2. The number of ether oxygens (including phenoxy) is 1. The molecule has 0 radical (unpaired) electrons. The highest BCUT2D eigenvalue weighted by molar-refractivity contribution is 5.86. The molecule has 2 aromatic rings. The van der Waals surface area contributed by atoms with Crippen molar-refractivity contribution in [1.82, 2.24) is 10.2 Å². The summed E-state index contributed by atoms with van der Waals surface area (Å²) >= 11 is 0. The van der Waals surface area contributed by atoms with Gasteiger partial charge in [-0.05, 0) is 41.0 Å². The molecular weight excluding hydrogens is 432 g/mol. The number of nitrogens with zero attached hydrogens (tertiary/aromatic N) is 1. The number of carbonyl (C=O) groups is 3. The molecule has 7 nitrogen and oxygen atoms in total. The molecule has 0 saturated heterocycles. The van der Waals surface area contributed by atoms with E-state index < -0.39 is 18.1 Å². The van der Waals surface area contributed by atoms with Gasteiger partial charge in [-0.1, -0.05) is 68.3 Å². The Kier molecular flexibility index (Phi) is 7.50. The van der Waals surface area contributed by atoms with Gasteiger partial charge in [0.2, 0.25) is 5.91 Å². The number of benzene rings is 2. The third kappa shape index (κ3) is 5.58. The molecule has 1 saturated carbocycles. The van der Waals surface area contributed by atoms with E-state index in [0.717, 1.165) is 35.1 Å². The standard InChI is InChI=1S/C27H32N2O5/c1-2-14-29(15-13-25(30)31)26(32)24(16-18-11-12-18)28-27(33)34-17-23-21-9-5-3-7-19(21)20-8-4-6-10-22(20)23/h3-10,18,23-24H,2,11-17H2,1H3,(H,28,33)(H,30,31). The predicted octanol–water partition coefficient (Wildman–Crippen LogP) is 4.41. The molecule has 4 rings (SSSR count). The van der Waals surface area contributed by atoms with Gasteiger partial charge in [0.05, 0.1) is 6.42 Å². The molecule has 1 atom stereocenters. The van der Waals surface area contributed by atoms with E-state index in [1.807, 2.05) is 31.2 Å². The molecule has 0 aromatic heterocycles. The van der Waals surface area contributed by atoms with Crippen LogP contribution in [0.4, 0.5) is 4.79 Å². The van der Waals surface area contributed by atoms with E-state index in [9.17, 15) is 14.4 Å². The molecule has 0 heterocycles. The zero-order chi connectivity index (χ0) is 24.1. The highest BCUT2D eigenvalue weighted by Gasteiger charge is 2.34. The fraction of sp³-hybridized carbons (Fsp3) is 0.444. The number of hydrogen-bond acceptors (Lipinski definition) is 4. The molecule has 180 valence electrons. The van der Waals surface area contributed by atoms with Gasteiger partial charge in [0, 0.05) is 19.0 Å². The van der Waals surface area contributed by atoms with Crippen LogP contribution in [0, 0.1) is 5.92 Å². The summed E-state index contributed by atoms with van der Waals surface area (Å²) in [5, 5.41) is 11.8. The van der Waals surface area contributed by atoms with E-state index in [2.05, 4.69) is 29.6 Å². The van der Waals surface area contributed by atoms with Gasteiger partial charge in [0.25, 0.3) is 0 Å². The lowest BCUT2D eigenvalue weighted by atomic mass is 9.98. The zero-order valence-electron chi connectivity index (χ0n) is 19.5. The van der Waals surface area contributed by atoms with Crippen molar-refractivity contribution in [1.29, 1.82) is 0 Å². The maximum Gasteiger partial charge on any atom is 0.407 e. The van der Waals surface area contributed by atoms with E-state index in [-0.39, 0.29) is 31.4 Å². The van der Waals surface area contributed by atoms with Crippen molar-refractivity contribution in [3.05, 3.63) is 59.7 Å². The van der Waals surface area contributed by atoms with Crippen LogP contribution in [0.5, 0.6) is 0 Å². The quantitative estimate of drug-likeness (QED) is 0.514. The van der Waals surface area contributed by atoms with Gasteiger partial charge in [-0.15, -0.1) is 0 Å². The molecule has 2 aromatic carbocycles. The highest BCUT2D eigenvalue weighted by Crippen LogP contribution is 2.44. The van der Waals surface area contributed by atoms with Crippen LogP contribution in [0.3, 0.4) is 0 Å². The van der Waals surface area contributed by atoms with Crippen LogP contribution < -0.4 is 5.32 Å². The summed E-state index contributed by atoms with van der Waals surface area (Å²) < 4.78 is 5.65. The molecule has 1 unspecified atom stereocenters. The van der Waals surface area contributed by atoms with Gasteiger partial charge in [0.15, 0.2) is 0 Å². The summed E-state index contributed by atoms with van der Waals surface area (Å²) in [5.74, 6) is -0.825. The lowest BCUT2D eigenvalue weighted by Crippen LogP contribution is -2.49. The SMILES string of the molecule is CCCN(CCC(=O)O)C(=O)C(CC1CC1)NC(=O)OCC1c2ccccc2-c2ccccc21. The second-order valence-electron chi connectivity index (χ2n) is 9.17. The molecule has 2 N–H and O–H groups in total. The first-order valence-electron chi connectivity index (χ1n) is 12.1. The summed E-state index contributed by atoms with van der Waals surface area (Å²) in [6.07, 6.45) is 2.61. The highest BCUT2D eigenvalue weighted by atomic mass is 16.5. The first kappa shape index (κ1) is 23.8. The van der Waals surface area contributed by atoms with E-state index in [1.165, 1.54) is 0 Å². The summed E-state index contributed by atoms with van der Waals surface area (Å²) in [6.45, 7) is 2.72. The van der Waals surface area contributed by atoms with Crippen LogP contribution in [-0.4, -0.2) is 53.7 Å². The van der Waals surface area contributed by atoms with Crippen LogP contribution in [0.15, 0.2) is 48.5 Å². The van der Waals surface area contributed by atoms with Gasteiger partial charge >= 0.3 is 12.1 Å². The number of rotatable bonds is 11. The Hall–Kier alpha value is -3.35. The Morgan fingerprint density at radius 1 is 1.03 bits per heavy atom. The van der Waals surface area contributed by atoms with Gasteiger partial charge in [-0.25, -0.2) is 4.79 Å². The molecule has 0 aliphatic heterocycles. The van der Waals surface area contributed by atoms with E-state index in [0.29, 0.717) is 25.3 Å². The molecule has 2 aliphatic rings. The summed E-state index contributed by atoms with van der Waals surface area (Å²) in [4.78, 5) is 38.6. The number of hydrogen-bond donors (Lipinski definition) is 2. The van der Waals surface area contributed by atoms with Gasteiger partial charge in [0.1, 0.15) is 12.6 Å². The molecule has 0 bridgehead atoms. The third-order valence-electron chi connectivity index (χ3n) is 6.60. The lowest BCUT2D eigenvalue weighted by molar-refractivity contribution is -0.139. The van der Waals surface area contributed by atoms with Crippen molar-refractivity contribution >= 4 is 18.0 Å². The minimum absolute atomic E-state index is 0.0529. The first-order valence-corrected chi connectivity index (χ1v) is 12.1. The van der Waals surface area contributed by atoms with Gasteiger partial charge < -0.3 is 20.1 Å². The van der Waals surface area contributed by atoms with Crippen molar-refractivity contribution in [2.45, 2.75) is 51.0 Å². The fourth-order valence-corrected chi connectivity index (χ4v) is 4.74. The van der Waals surface area contributed by atoms with Gasteiger partial charge in [-0.3, -0.25) is 9.59 Å². The first-order chi connectivity index (χ1) is 16.5. The van der Waals surface area contributed by atoms with E-state index >= 15 is 0 Å².